The van der Waals surface area contributed by atoms with E-state index >= 15 is 0 Å². The van der Waals surface area contributed by atoms with Crippen LogP contribution in [0.4, 0.5) is 0 Å². The van der Waals surface area contributed by atoms with Crippen molar-refractivity contribution >= 4 is 11.8 Å². The van der Waals surface area contributed by atoms with Crippen LogP contribution in [0.25, 0.3) is 0 Å². The molecule has 0 aliphatic heterocycles. The summed E-state index contributed by atoms with van der Waals surface area (Å²) in [5.41, 5.74) is 2.52. The van der Waals surface area contributed by atoms with Crippen molar-refractivity contribution in [3.05, 3.63) is 29.3 Å². The van der Waals surface area contributed by atoms with Gasteiger partial charge in [-0.3, -0.25) is 0 Å². The molecule has 0 heterocycles. The molecule has 0 fully saturated rings. The Balaban J connectivity index is 2.78. The number of nitrogens with one attached hydrogen (secondary N) is 1. The van der Waals surface area contributed by atoms with Crippen molar-refractivity contribution in [3.63, 3.8) is 0 Å². The van der Waals surface area contributed by atoms with E-state index in [0.29, 0.717) is 11.3 Å². The molecule has 0 aliphatic rings. The summed E-state index contributed by atoms with van der Waals surface area (Å²) in [6, 6.07) is 6.75. The molecule has 2 N–H and O–H groups in total. The van der Waals surface area contributed by atoms with E-state index in [1.54, 1.807) is 7.11 Å². The largest absolute Gasteiger partial charge is 0.496 e. The van der Waals surface area contributed by atoms with E-state index in [2.05, 4.69) is 44.3 Å². The second kappa shape index (κ2) is 9.27. The molecule has 2 unspecified atom stereocenters. The molecule has 0 spiro atoms. The van der Waals surface area contributed by atoms with Gasteiger partial charge in [0, 0.05) is 29.2 Å². The van der Waals surface area contributed by atoms with Crippen molar-refractivity contribution in [2.24, 2.45) is 0 Å². The SMILES string of the molecule is CCNC(C)c1ccc(OC)c(CSC(C)CCO)c1. The van der Waals surface area contributed by atoms with E-state index in [1.807, 2.05) is 11.8 Å². The third-order valence-electron chi connectivity index (χ3n) is 3.37. The minimum atomic E-state index is 0.253. The molecule has 0 aromatic heterocycles. The molecule has 0 saturated heterocycles. The summed E-state index contributed by atoms with van der Waals surface area (Å²) in [5, 5.41) is 12.9. The highest BCUT2D eigenvalue weighted by atomic mass is 32.2. The Labute approximate surface area is 127 Å². The zero-order valence-electron chi connectivity index (χ0n) is 13.0. The van der Waals surface area contributed by atoms with Crippen molar-refractivity contribution < 1.29 is 9.84 Å². The first-order valence-corrected chi connectivity index (χ1v) is 8.29. The number of thioether (sulfide) groups is 1. The summed E-state index contributed by atoms with van der Waals surface area (Å²) >= 11 is 1.86. The van der Waals surface area contributed by atoms with E-state index in [4.69, 9.17) is 9.84 Å². The van der Waals surface area contributed by atoms with Crippen molar-refractivity contribution in [1.82, 2.24) is 5.32 Å². The summed E-state index contributed by atoms with van der Waals surface area (Å²) in [6.07, 6.45) is 0.834. The van der Waals surface area contributed by atoms with Gasteiger partial charge >= 0.3 is 0 Å². The first-order chi connectivity index (χ1) is 9.62. The van der Waals surface area contributed by atoms with Crippen LogP contribution in [-0.2, 0) is 5.75 Å². The summed E-state index contributed by atoms with van der Waals surface area (Å²) in [5.74, 6) is 1.86. The lowest BCUT2D eigenvalue weighted by Crippen LogP contribution is -2.17. The van der Waals surface area contributed by atoms with Gasteiger partial charge in [0.05, 0.1) is 7.11 Å². The van der Waals surface area contributed by atoms with Gasteiger partial charge in [-0.25, -0.2) is 0 Å². The minimum absolute atomic E-state index is 0.253. The molecule has 4 heteroatoms. The van der Waals surface area contributed by atoms with Crippen molar-refractivity contribution in [2.75, 3.05) is 20.3 Å². The van der Waals surface area contributed by atoms with Crippen LogP contribution in [0.15, 0.2) is 18.2 Å². The van der Waals surface area contributed by atoms with Gasteiger partial charge in [0.2, 0.25) is 0 Å². The molecule has 0 bridgehead atoms. The Morgan fingerprint density at radius 3 is 2.70 bits per heavy atom. The fourth-order valence-corrected chi connectivity index (χ4v) is 3.06. The smallest absolute Gasteiger partial charge is 0.122 e. The van der Waals surface area contributed by atoms with Crippen LogP contribution in [0.2, 0.25) is 0 Å². The maximum atomic E-state index is 8.96. The Kier molecular flexibility index (Phi) is 8.04. The second-order valence-electron chi connectivity index (χ2n) is 4.98. The quantitative estimate of drug-likeness (QED) is 0.733. The van der Waals surface area contributed by atoms with E-state index in [0.717, 1.165) is 24.5 Å². The van der Waals surface area contributed by atoms with E-state index in [1.165, 1.54) is 11.1 Å². The molecule has 3 nitrogen and oxygen atoms in total. The Hall–Kier alpha value is -0.710. The number of ether oxygens (including phenoxy) is 1. The van der Waals surface area contributed by atoms with Gasteiger partial charge < -0.3 is 15.2 Å². The lowest BCUT2D eigenvalue weighted by molar-refractivity contribution is 0.289. The van der Waals surface area contributed by atoms with E-state index in [-0.39, 0.29) is 6.61 Å². The summed E-state index contributed by atoms with van der Waals surface area (Å²) in [6.45, 7) is 7.66. The lowest BCUT2D eigenvalue weighted by atomic mass is 10.0. The number of aliphatic hydroxyl groups is 1. The molecule has 0 aliphatic carbocycles. The van der Waals surface area contributed by atoms with Gasteiger partial charge in [0.25, 0.3) is 0 Å². The highest BCUT2D eigenvalue weighted by Gasteiger charge is 2.10. The molecule has 1 aromatic carbocycles. The molecule has 2 atom stereocenters. The molecule has 1 rings (SSSR count). The zero-order chi connectivity index (χ0) is 15.0. The average molecular weight is 297 g/mol. The number of hydrogen-bond donors (Lipinski definition) is 2. The number of aliphatic hydroxyl groups excluding tert-OH is 1. The molecule has 114 valence electrons. The molecule has 1 aromatic rings. The number of hydrogen-bond acceptors (Lipinski definition) is 4. The van der Waals surface area contributed by atoms with E-state index in [9.17, 15) is 0 Å². The zero-order valence-corrected chi connectivity index (χ0v) is 13.8. The van der Waals surface area contributed by atoms with E-state index < -0.39 is 0 Å². The number of rotatable bonds is 9. The highest BCUT2D eigenvalue weighted by molar-refractivity contribution is 7.99. The Bertz CT molecular complexity index is 398. The van der Waals surface area contributed by atoms with Gasteiger partial charge in [-0.05, 0) is 37.6 Å². The molecular formula is C16H27NO2S. The summed E-state index contributed by atoms with van der Waals surface area (Å²) < 4.78 is 5.45. The topological polar surface area (TPSA) is 41.5 Å². The van der Waals surface area contributed by atoms with Gasteiger partial charge in [0.15, 0.2) is 0 Å². The van der Waals surface area contributed by atoms with Gasteiger partial charge in [-0.15, -0.1) is 0 Å². The van der Waals surface area contributed by atoms with Crippen molar-refractivity contribution in [1.29, 1.82) is 0 Å². The lowest BCUT2D eigenvalue weighted by Gasteiger charge is -2.17. The number of methoxy groups -OCH3 is 1. The maximum Gasteiger partial charge on any atom is 0.122 e. The van der Waals surface area contributed by atoms with Gasteiger partial charge in [-0.1, -0.05) is 19.9 Å². The molecule has 0 radical (unpaired) electrons. The van der Waals surface area contributed by atoms with Crippen LogP contribution in [0.3, 0.4) is 0 Å². The predicted molar refractivity (Wildman–Crippen MR) is 87.5 cm³/mol. The molecule has 20 heavy (non-hydrogen) atoms. The Morgan fingerprint density at radius 2 is 2.10 bits per heavy atom. The molecular weight excluding hydrogens is 270 g/mol. The first-order valence-electron chi connectivity index (χ1n) is 7.25. The minimum Gasteiger partial charge on any atom is -0.496 e. The normalized spacial score (nSPS) is 14.1. The van der Waals surface area contributed by atoms with Gasteiger partial charge in [-0.2, -0.15) is 11.8 Å². The van der Waals surface area contributed by atoms with Crippen LogP contribution in [0.1, 0.15) is 44.4 Å². The highest BCUT2D eigenvalue weighted by Crippen LogP contribution is 2.29. The third kappa shape index (κ3) is 5.35. The number of benzene rings is 1. The summed E-state index contributed by atoms with van der Waals surface area (Å²) in [4.78, 5) is 0. The summed E-state index contributed by atoms with van der Waals surface area (Å²) in [7, 11) is 1.72. The maximum absolute atomic E-state index is 8.96. The van der Waals surface area contributed by atoms with Crippen LogP contribution < -0.4 is 10.1 Å². The van der Waals surface area contributed by atoms with Gasteiger partial charge in [0.1, 0.15) is 5.75 Å². The molecule has 0 amide bonds. The van der Waals surface area contributed by atoms with Crippen LogP contribution in [0.5, 0.6) is 5.75 Å². The van der Waals surface area contributed by atoms with Crippen LogP contribution >= 0.6 is 11.8 Å². The van der Waals surface area contributed by atoms with Crippen LogP contribution in [-0.4, -0.2) is 30.6 Å². The Morgan fingerprint density at radius 1 is 1.35 bits per heavy atom. The first kappa shape index (κ1) is 17.3. The van der Waals surface area contributed by atoms with Crippen LogP contribution in [0, 0.1) is 0 Å². The average Bonchev–Trinajstić information content (AvgIpc) is 2.45. The fraction of sp³-hybridized carbons (Fsp3) is 0.625. The second-order valence-corrected chi connectivity index (χ2v) is 6.41. The fourth-order valence-electron chi connectivity index (χ4n) is 2.10. The van der Waals surface area contributed by atoms with Crippen molar-refractivity contribution in [2.45, 2.75) is 44.2 Å². The van der Waals surface area contributed by atoms with Crippen molar-refractivity contribution in [3.8, 4) is 5.75 Å². The molecule has 0 saturated carbocycles. The monoisotopic (exact) mass is 297 g/mol. The third-order valence-corrected chi connectivity index (χ3v) is 4.66. The standard InChI is InChI=1S/C16H27NO2S/c1-5-17-13(3)14-6-7-16(19-4)15(10-14)11-20-12(2)8-9-18/h6-7,10,12-13,17-18H,5,8-9,11H2,1-4H3. The predicted octanol–water partition coefficient (Wildman–Crippen LogP) is 3.37.